The quantitative estimate of drug-likeness (QED) is 0.857. The van der Waals surface area contributed by atoms with Gasteiger partial charge in [0.15, 0.2) is 0 Å². The lowest BCUT2D eigenvalue weighted by atomic mass is 9.85. The molecule has 0 bridgehead atoms. The highest BCUT2D eigenvalue weighted by Crippen LogP contribution is 2.37. The second kappa shape index (κ2) is 6.42. The zero-order valence-electron chi connectivity index (χ0n) is 11.7. The monoisotopic (exact) mass is 366 g/mol. The predicted octanol–water partition coefficient (Wildman–Crippen LogP) is 4.12. The van der Waals surface area contributed by atoms with E-state index in [-0.39, 0.29) is 24.8 Å². The predicted molar refractivity (Wildman–Crippen MR) is 77.1 cm³/mol. The van der Waals surface area contributed by atoms with E-state index in [2.05, 4.69) is 21.2 Å². The number of carbonyl (C=O) groups is 1. The highest BCUT2D eigenvalue weighted by atomic mass is 79.9. The number of halogens is 4. The number of hydrogen-bond acceptors (Lipinski definition) is 1. The zero-order chi connectivity index (χ0) is 15.6. The van der Waals surface area contributed by atoms with Crippen LogP contribution in [0.25, 0.3) is 0 Å². The summed E-state index contributed by atoms with van der Waals surface area (Å²) in [6.45, 7) is 2.59. The Kier molecular flexibility index (Phi) is 5.01. The van der Waals surface area contributed by atoms with Gasteiger partial charge in [-0.1, -0.05) is 0 Å². The van der Waals surface area contributed by atoms with E-state index in [1.54, 1.807) is 10.6 Å². The smallest absolute Gasteiger partial charge is 0.348 e. The number of carbonyl (C=O) groups excluding carboxylic acids is 1. The lowest BCUT2D eigenvalue weighted by Crippen LogP contribution is -2.40. The first-order valence-corrected chi connectivity index (χ1v) is 7.83. The molecule has 1 aromatic rings. The number of nitrogens with zero attached hydrogens (tertiary/aromatic N) is 1. The summed E-state index contributed by atoms with van der Waals surface area (Å²) in [4.78, 5) is 12.2. The first-order valence-electron chi connectivity index (χ1n) is 7.04. The summed E-state index contributed by atoms with van der Waals surface area (Å²) < 4.78 is 40.4. The molecule has 1 aromatic heterocycles. The van der Waals surface area contributed by atoms with Crippen molar-refractivity contribution in [3.63, 3.8) is 0 Å². The van der Waals surface area contributed by atoms with Gasteiger partial charge >= 0.3 is 6.18 Å². The maximum Gasteiger partial charge on any atom is 0.391 e. The van der Waals surface area contributed by atoms with E-state index in [0.29, 0.717) is 25.1 Å². The fourth-order valence-corrected chi connectivity index (χ4v) is 3.22. The van der Waals surface area contributed by atoms with Crippen molar-refractivity contribution in [2.24, 2.45) is 5.92 Å². The van der Waals surface area contributed by atoms with Gasteiger partial charge in [0.25, 0.3) is 5.91 Å². The molecule has 1 N–H and O–H groups in total. The first-order chi connectivity index (χ1) is 9.81. The molecule has 118 valence electrons. The average molecular weight is 367 g/mol. The minimum absolute atomic E-state index is 0.0902. The van der Waals surface area contributed by atoms with Crippen molar-refractivity contribution in [1.82, 2.24) is 9.88 Å². The van der Waals surface area contributed by atoms with Gasteiger partial charge in [0.1, 0.15) is 5.69 Å². The molecule has 2 rings (SSSR count). The third-order valence-electron chi connectivity index (χ3n) is 3.96. The summed E-state index contributed by atoms with van der Waals surface area (Å²) in [5, 5.41) is 2.85. The largest absolute Gasteiger partial charge is 0.391 e. The highest BCUT2D eigenvalue weighted by molar-refractivity contribution is 9.10. The number of amides is 1. The number of aryl methyl sites for hydroxylation is 1. The molecule has 0 saturated heterocycles. The molecule has 21 heavy (non-hydrogen) atoms. The summed E-state index contributed by atoms with van der Waals surface area (Å²) in [6.07, 6.45) is -1.36. The Labute approximate surface area is 130 Å². The number of hydrogen-bond donors (Lipinski definition) is 1. The van der Waals surface area contributed by atoms with Gasteiger partial charge in [-0.05, 0) is 54.6 Å². The summed E-state index contributed by atoms with van der Waals surface area (Å²) in [5.41, 5.74) is 0.530. The molecule has 3 nitrogen and oxygen atoms in total. The maximum absolute atomic E-state index is 12.6. The molecule has 7 heteroatoms. The van der Waals surface area contributed by atoms with Crippen LogP contribution in [0.4, 0.5) is 13.2 Å². The van der Waals surface area contributed by atoms with Gasteiger partial charge in [-0.2, -0.15) is 13.2 Å². The Hall–Kier alpha value is -0.980. The molecule has 0 aliphatic heterocycles. The molecule has 0 aromatic carbocycles. The Morgan fingerprint density at radius 1 is 1.38 bits per heavy atom. The third kappa shape index (κ3) is 4.02. The van der Waals surface area contributed by atoms with Gasteiger partial charge < -0.3 is 9.88 Å². The lowest BCUT2D eigenvalue weighted by Gasteiger charge is -2.30. The lowest BCUT2D eigenvalue weighted by molar-refractivity contribution is -0.182. The van der Waals surface area contributed by atoms with Crippen molar-refractivity contribution in [2.75, 3.05) is 0 Å². The van der Waals surface area contributed by atoms with Crippen LogP contribution in [-0.4, -0.2) is 22.7 Å². The maximum atomic E-state index is 12.6. The Bertz CT molecular complexity index is 505. The van der Waals surface area contributed by atoms with E-state index in [9.17, 15) is 18.0 Å². The molecule has 1 heterocycles. The minimum atomic E-state index is -4.11. The van der Waals surface area contributed by atoms with Gasteiger partial charge in [0.2, 0.25) is 0 Å². The van der Waals surface area contributed by atoms with Crippen molar-refractivity contribution in [2.45, 2.75) is 51.4 Å². The van der Waals surface area contributed by atoms with E-state index in [0.717, 1.165) is 4.47 Å². The van der Waals surface area contributed by atoms with Crippen molar-refractivity contribution in [3.05, 3.63) is 22.4 Å². The molecule has 1 aliphatic carbocycles. The van der Waals surface area contributed by atoms with Crippen molar-refractivity contribution in [1.29, 1.82) is 0 Å². The van der Waals surface area contributed by atoms with Crippen LogP contribution in [0, 0.1) is 5.92 Å². The third-order valence-corrected chi connectivity index (χ3v) is 4.40. The fraction of sp³-hybridized carbons (Fsp3) is 0.643. The number of nitrogens with one attached hydrogen (secondary N) is 1. The second-order valence-electron chi connectivity index (χ2n) is 5.39. The first kappa shape index (κ1) is 16.4. The molecule has 0 atom stereocenters. The van der Waals surface area contributed by atoms with Gasteiger partial charge in [0, 0.05) is 23.3 Å². The minimum Gasteiger partial charge on any atom is -0.348 e. The van der Waals surface area contributed by atoms with Crippen molar-refractivity contribution < 1.29 is 18.0 Å². The molecule has 1 aliphatic rings. The fourth-order valence-electron chi connectivity index (χ4n) is 2.75. The summed E-state index contributed by atoms with van der Waals surface area (Å²) in [5.74, 6) is -1.45. The van der Waals surface area contributed by atoms with Crippen LogP contribution in [0.1, 0.15) is 43.1 Å². The molecule has 0 spiro atoms. The van der Waals surface area contributed by atoms with Gasteiger partial charge in [0.05, 0.1) is 5.92 Å². The molecular formula is C14H18BrF3N2O. The van der Waals surface area contributed by atoms with Gasteiger partial charge in [-0.3, -0.25) is 4.79 Å². The standard InChI is InChI=1S/C14H18BrF3N2O/c1-2-20-8-10(15)7-12(20)13(21)19-11-5-3-9(4-6-11)14(16,17)18/h7-9,11H,2-6H2,1H3,(H,19,21). The number of rotatable bonds is 3. The number of alkyl halides is 3. The van der Waals surface area contributed by atoms with Crippen LogP contribution in [0.5, 0.6) is 0 Å². The Morgan fingerprint density at radius 3 is 2.52 bits per heavy atom. The molecule has 0 radical (unpaired) electrons. The summed E-state index contributed by atoms with van der Waals surface area (Å²) in [6, 6.07) is 1.55. The van der Waals surface area contributed by atoms with E-state index < -0.39 is 12.1 Å². The average Bonchev–Trinajstić information content (AvgIpc) is 2.79. The van der Waals surface area contributed by atoms with Crippen LogP contribution in [0.3, 0.4) is 0 Å². The van der Waals surface area contributed by atoms with E-state index >= 15 is 0 Å². The van der Waals surface area contributed by atoms with Crippen LogP contribution in [0.15, 0.2) is 16.7 Å². The molecular weight excluding hydrogens is 349 g/mol. The van der Waals surface area contributed by atoms with Crippen molar-refractivity contribution in [3.8, 4) is 0 Å². The Balaban J connectivity index is 1.93. The van der Waals surface area contributed by atoms with Gasteiger partial charge in [-0.25, -0.2) is 0 Å². The van der Waals surface area contributed by atoms with E-state index in [4.69, 9.17) is 0 Å². The van der Waals surface area contributed by atoms with Gasteiger partial charge in [-0.15, -0.1) is 0 Å². The molecule has 1 fully saturated rings. The van der Waals surface area contributed by atoms with Crippen LogP contribution in [0.2, 0.25) is 0 Å². The SMILES string of the molecule is CCn1cc(Br)cc1C(=O)NC1CCC(C(F)(F)F)CC1. The number of aromatic nitrogens is 1. The van der Waals surface area contributed by atoms with Crippen LogP contribution >= 0.6 is 15.9 Å². The van der Waals surface area contributed by atoms with Crippen LogP contribution in [-0.2, 0) is 6.54 Å². The van der Waals surface area contributed by atoms with Crippen molar-refractivity contribution >= 4 is 21.8 Å². The zero-order valence-corrected chi connectivity index (χ0v) is 13.3. The Morgan fingerprint density at radius 2 is 2.00 bits per heavy atom. The topological polar surface area (TPSA) is 34.0 Å². The molecule has 0 unspecified atom stereocenters. The molecule has 1 amide bonds. The van der Waals surface area contributed by atoms with E-state index in [1.165, 1.54) is 0 Å². The normalized spacial score (nSPS) is 23.1. The highest BCUT2D eigenvalue weighted by Gasteiger charge is 2.41. The summed E-state index contributed by atoms with van der Waals surface area (Å²) >= 11 is 3.32. The van der Waals surface area contributed by atoms with Crippen LogP contribution < -0.4 is 5.32 Å². The van der Waals surface area contributed by atoms with E-state index in [1.807, 2.05) is 13.1 Å². The molecule has 1 saturated carbocycles. The second-order valence-corrected chi connectivity index (χ2v) is 6.31. The summed E-state index contributed by atoms with van der Waals surface area (Å²) in [7, 11) is 0.